The maximum absolute atomic E-state index is 13.1. The molecule has 0 bridgehead atoms. The van der Waals surface area contributed by atoms with Gasteiger partial charge in [0.15, 0.2) is 0 Å². The van der Waals surface area contributed by atoms with Crippen molar-refractivity contribution in [1.29, 1.82) is 0 Å². The fraction of sp³-hybridized carbons (Fsp3) is 0.444. The Morgan fingerprint density at radius 1 is 1.36 bits per heavy atom. The van der Waals surface area contributed by atoms with Crippen molar-refractivity contribution in [2.24, 2.45) is 5.92 Å². The second kappa shape index (κ2) is 9.78. The van der Waals surface area contributed by atoms with Gasteiger partial charge in [-0.25, -0.2) is 9.18 Å². The van der Waals surface area contributed by atoms with E-state index in [0.29, 0.717) is 31.2 Å². The van der Waals surface area contributed by atoms with E-state index < -0.39 is 5.82 Å². The third-order valence-electron chi connectivity index (χ3n) is 4.05. The highest BCUT2D eigenvalue weighted by Gasteiger charge is 2.21. The lowest BCUT2D eigenvalue weighted by molar-refractivity contribution is -0.122. The molecule has 6 nitrogen and oxygen atoms in total. The summed E-state index contributed by atoms with van der Waals surface area (Å²) in [5.74, 6) is -0.118. The number of anilines is 1. The van der Waals surface area contributed by atoms with Crippen LogP contribution < -0.4 is 16.0 Å². The third kappa shape index (κ3) is 6.93. The quantitative estimate of drug-likeness (QED) is 0.660. The molecular formula is C18H25FN4O2. The van der Waals surface area contributed by atoms with Crippen molar-refractivity contribution in [3.8, 4) is 0 Å². The van der Waals surface area contributed by atoms with E-state index in [0.717, 1.165) is 25.9 Å². The van der Waals surface area contributed by atoms with Gasteiger partial charge in [-0.05, 0) is 43.5 Å². The van der Waals surface area contributed by atoms with Crippen LogP contribution >= 0.6 is 0 Å². The molecule has 1 atom stereocenters. The summed E-state index contributed by atoms with van der Waals surface area (Å²) in [4.78, 5) is 25.8. The monoisotopic (exact) mass is 348 g/mol. The summed E-state index contributed by atoms with van der Waals surface area (Å²) in [6, 6.07) is 5.41. The van der Waals surface area contributed by atoms with Crippen LogP contribution in [0.15, 0.2) is 36.9 Å². The number of nitrogens with one attached hydrogen (secondary N) is 3. The third-order valence-corrected chi connectivity index (χ3v) is 4.05. The number of carbonyl (C=O) groups excluding carboxylic acids is 2. The minimum absolute atomic E-state index is 0.0163. The molecule has 1 fully saturated rings. The smallest absolute Gasteiger partial charge is 0.319 e. The van der Waals surface area contributed by atoms with Gasteiger partial charge in [-0.3, -0.25) is 9.69 Å². The van der Waals surface area contributed by atoms with Crippen LogP contribution in [0.3, 0.4) is 0 Å². The van der Waals surface area contributed by atoms with Gasteiger partial charge in [0.2, 0.25) is 5.91 Å². The first-order valence-electron chi connectivity index (χ1n) is 8.47. The fourth-order valence-electron chi connectivity index (χ4n) is 2.89. The van der Waals surface area contributed by atoms with Crippen LogP contribution in [0.1, 0.15) is 12.8 Å². The average Bonchev–Trinajstić information content (AvgIpc) is 2.58. The van der Waals surface area contributed by atoms with Gasteiger partial charge in [-0.2, -0.15) is 0 Å². The number of likely N-dealkylation sites (tertiary alicyclic amines) is 1. The van der Waals surface area contributed by atoms with Gasteiger partial charge in [0.1, 0.15) is 5.82 Å². The van der Waals surface area contributed by atoms with Gasteiger partial charge in [0, 0.05) is 25.3 Å². The Morgan fingerprint density at radius 3 is 2.96 bits per heavy atom. The number of amides is 3. The Kier molecular flexibility index (Phi) is 7.40. The SMILES string of the molecule is C=CCNC(=O)CN1CCC[C@H](CNC(=O)Nc2cccc(F)c2)C1. The Bertz CT molecular complexity index is 608. The zero-order valence-electron chi connectivity index (χ0n) is 14.3. The zero-order valence-corrected chi connectivity index (χ0v) is 14.3. The van der Waals surface area contributed by atoms with Crippen LogP contribution in [-0.2, 0) is 4.79 Å². The average molecular weight is 348 g/mol. The van der Waals surface area contributed by atoms with Crippen LogP contribution in [0.4, 0.5) is 14.9 Å². The minimum Gasteiger partial charge on any atom is -0.352 e. The molecular weight excluding hydrogens is 323 g/mol. The van der Waals surface area contributed by atoms with Crippen molar-refractivity contribution < 1.29 is 14.0 Å². The van der Waals surface area contributed by atoms with Gasteiger partial charge in [0.25, 0.3) is 0 Å². The summed E-state index contributed by atoms with van der Waals surface area (Å²) in [6.07, 6.45) is 3.65. The van der Waals surface area contributed by atoms with Crippen LogP contribution in [0.5, 0.6) is 0 Å². The van der Waals surface area contributed by atoms with Crippen molar-refractivity contribution in [3.63, 3.8) is 0 Å². The first-order chi connectivity index (χ1) is 12.1. The van der Waals surface area contributed by atoms with Crippen molar-refractivity contribution in [3.05, 3.63) is 42.7 Å². The number of rotatable bonds is 7. The molecule has 136 valence electrons. The lowest BCUT2D eigenvalue weighted by atomic mass is 9.98. The number of hydrogen-bond donors (Lipinski definition) is 3. The molecule has 1 aliphatic heterocycles. The van der Waals surface area contributed by atoms with E-state index in [1.807, 2.05) is 0 Å². The zero-order chi connectivity index (χ0) is 18.1. The topological polar surface area (TPSA) is 73.5 Å². The molecule has 2 rings (SSSR count). The summed E-state index contributed by atoms with van der Waals surface area (Å²) in [5.41, 5.74) is 0.418. The van der Waals surface area contributed by atoms with Gasteiger partial charge in [-0.15, -0.1) is 6.58 Å². The van der Waals surface area contributed by atoms with E-state index in [9.17, 15) is 14.0 Å². The number of urea groups is 1. The normalized spacial score (nSPS) is 17.6. The molecule has 1 aromatic carbocycles. The number of benzene rings is 1. The number of nitrogens with zero attached hydrogens (tertiary/aromatic N) is 1. The molecule has 0 spiro atoms. The Hall–Kier alpha value is -2.41. The van der Waals surface area contributed by atoms with Crippen molar-refractivity contribution in [1.82, 2.24) is 15.5 Å². The van der Waals surface area contributed by atoms with Crippen molar-refractivity contribution in [2.75, 3.05) is 38.0 Å². The number of hydrogen-bond acceptors (Lipinski definition) is 3. The van der Waals surface area contributed by atoms with E-state index in [2.05, 4.69) is 27.4 Å². The molecule has 1 aliphatic rings. The summed E-state index contributed by atoms with van der Waals surface area (Å²) in [7, 11) is 0. The van der Waals surface area contributed by atoms with Crippen molar-refractivity contribution >= 4 is 17.6 Å². The Morgan fingerprint density at radius 2 is 2.20 bits per heavy atom. The maximum atomic E-state index is 13.1. The molecule has 1 heterocycles. The minimum atomic E-state index is -0.393. The molecule has 0 unspecified atom stereocenters. The second-order valence-corrected chi connectivity index (χ2v) is 6.18. The largest absolute Gasteiger partial charge is 0.352 e. The van der Waals surface area contributed by atoms with Crippen LogP contribution in [-0.4, -0.2) is 49.6 Å². The Balaban J connectivity index is 1.71. The summed E-state index contributed by atoms with van der Waals surface area (Å²) in [6.45, 7) is 6.57. The van der Waals surface area contributed by atoms with Crippen LogP contribution in [0.2, 0.25) is 0 Å². The fourth-order valence-corrected chi connectivity index (χ4v) is 2.89. The van der Waals surface area contributed by atoms with E-state index >= 15 is 0 Å². The molecule has 0 saturated carbocycles. The molecule has 0 radical (unpaired) electrons. The number of piperidine rings is 1. The molecule has 3 N–H and O–H groups in total. The first kappa shape index (κ1) is 18.9. The number of carbonyl (C=O) groups is 2. The summed E-state index contributed by atoms with van der Waals surface area (Å²) in [5, 5.41) is 8.19. The molecule has 7 heteroatoms. The lowest BCUT2D eigenvalue weighted by Crippen LogP contribution is -2.45. The predicted octanol–water partition coefficient (Wildman–Crippen LogP) is 1.96. The van der Waals surface area contributed by atoms with Crippen LogP contribution in [0.25, 0.3) is 0 Å². The highest BCUT2D eigenvalue weighted by atomic mass is 19.1. The number of halogens is 1. The van der Waals surface area contributed by atoms with E-state index in [-0.39, 0.29) is 11.9 Å². The van der Waals surface area contributed by atoms with Crippen molar-refractivity contribution in [2.45, 2.75) is 12.8 Å². The van der Waals surface area contributed by atoms with E-state index in [4.69, 9.17) is 0 Å². The van der Waals surface area contributed by atoms with Gasteiger partial charge < -0.3 is 16.0 Å². The predicted molar refractivity (Wildman–Crippen MR) is 95.8 cm³/mol. The van der Waals surface area contributed by atoms with Gasteiger partial charge >= 0.3 is 6.03 Å². The lowest BCUT2D eigenvalue weighted by Gasteiger charge is -2.32. The summed E-state index contributed by atoms with van der Waals surface area (Å²) >= 11 is 0. The van der Waals surface area contributed by atoms with Gasteiger partial charge in [-0.1, -0.05) is 12.1 Å². The first-order valence-corrected chi connectivity index (χ1v) is 8.47. The van der Waals surface area contributed by atoms with E-state index in [1.165, 1.54) is 12.1 Å². The molecule has 1 aromatic rings. The highest BCUT2D eigenvalue weighted by molar-refractivity contribution is 5.89. The summed E-state index contributed by atoms with van der Waals surface area (Å²) < 4.78 is 13.1. The van der Waals surface area contributed by atoms with Gasteiger partial charge in [0.05, 0.1) is 6.54 Å². The highest BCUT2D eigenvalue weighted by Crippen LogP contribution is 2.15. The van der Waals surface area contributed by atoms with E-state index in [1.54, 1.807) is 18.2 Å². The molecule has 3 amide bonds. The molecule has 1 saturated heterocycles. The molecule has 25 heavy (non-hydrogen) atoms. The maximum Gasteiger partial charge on any atom is 0.319 e. The second-order valence-electron chi connectivity index (χ2n) is 6.18. The Labute approximate surface area is 147 Å². The molecule has 0 aromatic heterocycles. The standard InChI is InChI=1S/C18H25FN4O2/c1-2-8-20-17(24)13-23-9-4-5-14(12-23)11-21-18(25)22-16-7-3-6-15(19)10-16/h2-3,6-7,10,14H,1,4-5,8-9,11-13H2,(H,20,24)(H2,21,22,25)/t14-/m1/s1. The van der Waals surface area contributed by atoms with Crippen LogP contribution in [0, 0.1) is 11.7 Å². The molecule has 0 aliphatic carbocycles.